The van der Waals surface area contributed by atoms with Crippen molar-refractivity contribution in [2.24, 2.45) is 0 Å². The van der Waals surface area contributed by atoms with Gasteiger partial charge < -0.3 is 15.7 Å². The van der Waals surface area contributed by atoms with Crippen molar-refractivity contribution in [3.05, 3.63) is 48.0 Å². The summed E-state index contributed by atoms with van der Waals surface area (Å²) in [6.07, 6.45) is 0.344. The molecular formula is C16H18N2O3. The topological polar surface area (TPSA) is 78.4 Å². The molecule has 3 N–H and O–H groups in total. The average molecular weight is 286 g/mol. The fourth-order valence-electron chi connectivity index (χ4n) is 2.17. The minimum absolute atomic E-state index is 0.344. The van der Waals surface area contributed by atoms with E-state index >= 15 is 0 Å². The van der Waals surface area contributed by atoms with E-state index in [0.717, 1.165) is 16.3 Å². The van der Waals surface area contributed by atoms with Crippen LogP contribution in [0.4, 0.5) is 4.79 Å². The first-order valence-corrected chi connectivity index (χ1v) is 6.85. The molecule has 2 rings (SSSR count). The molecule has 0 aliphatic heterocycles. The summed E-state index contributed by atoms with van der Waals surface area (Å²) in [5.74, 6) is -1.03. The smallest absolute Gasteiger partial charge is 0.326 e. The Morgan fingerprint density at radius 1 is 1.14 bits per heavy atom. The Hall–Kier alpha value is -2.56. The van der Waals surface area contributed by atoms with Crippen molar-refractivity contribution in [1.82, 2.24) is 10.6 Å². The van der Waals surface area contributed by atoms with Gasteiger partial charge in [0.2, 0.25) is 0 Å². The van der Waals surface area contributed by atoms with Crippen LogP contribution in [-0.4, -0.2) is 23.1 Å². The molecule has 2 aromatic carbocycles. The van der Waals surface area contributed by atoms with E-state index in [1.807, 2.05) is 42.5 Å². The van der Waals surface area contributed by atoms with E-state index in [1.165, 1.54) is 0 Å². The fourth-order valence-corrected chi connectivity index (χ4v) is 2.17. The predicted molar refractivity (Wildman–Crippen MR) is 81.0 cm³/mol. The number of fused-ring (bicyclic) bond motifs is 1. The molecule has 2 amide bonds. The maximum atomic E-state index is 11.7. The number of carboxylic acids is 1. The highest BCUT2D eigenvalue weighted by atomic mass is 16.4. The van der Waals surface area contributed by atoms with E-state index in [0.29, 0.717) is 13.0 Å². The third-order valence-electron chi connectivity index (χ3n) is 3.33. The zero-order chi connectivity index (χ0) is 15.2. The molecule has 21 heavy (non-hydrogen) atoms. The van der Waals surface area contributed by atoms with Crippen LogP contribution >= 0.6 is 0 Å². The molecular weight excluding hydrogens is 268 g/mol. The van der Waals surface area contributed by atoms with Gasteiger partial charge in [-0.15, -0.1) is 0 Å². The Morgan fingerprint density at radius 2 is 1.86 bits per heavy atom. The quantitative estimate of drug-likeness (QED) is 0.790. The van der Waals surface area contributed by atoms with Crippen LogP contribution in [0.3, 0.4) is 0 Å². The van der Waals surface area contributed by atoms with Crippen LogP contribution in [0.5, 0.6) is 0 Å². The molecule has 2 aromatic rings. The lowest BCUT2D eigenvalue weighted by molar-refractivity contribution is -0.139. The maximum Gasteiger partial charge on any atom is 0.326 e. The molecule has 1 atom stereocenters. The van der Waals surface area contributed by atoms with Crippen molar-refractivity contribution in [2.75, 3.05) is 0 Å². The van der Waals surface area contributed by atoms with Gasteiger partial charge in [-0.3, -0.25) is 0 Å². The van der Waals surface area contributed by atoms with Gasteiger partial charge in [0.25, 0.3) is 0 Å². The van der Waals surface area contributed by atoms with Crippen LogP contribution in [0.25, 0.3) is 10.8 Å². The standard InChI is InChI=1S/C16H18N2O3/c1-2-14(15(19)20)18-16(21)17-10-12-8-5-7-11-6-3-4-9-13(11)12/h3-9,14H,2,10H2,1H3,(H,19,20)(H2,17,18,21). The summed E-state index contributed by atoms with van der Waals surface area (Å²) in [6, 6.07) is 12.5. The van der Waals surface area contributed by atoms with Crippen LogP contribution in [-0.2, 0) is 11.3 Å². The monoisotopic (exact) mass is 286 g/mol. The number of carbonyl (C=O) groups is 2. The van der Waals surface area contributed by atoms with Gasteiger partial charge in [0.1, 0.15) is 6.04 Å². The van der Waals surface area contributed by atoms with Crippen LogP contribution < -0.4 is 10.6 Å². The van der Waals surface area contributed by atoms with Crippen molar-refractivity contribution in [3.63, 3.8) is 0 Å². The molecule has 0 aliphatic rings. The minimum Gasteiger partial charge on any atom is -0.480 e. The molecule has 0 saturated heterocycles. The van der Waals surface area contributed by atoms with E-state index in [2.05, 4.69) is 10.6 Å². The predicted octanol–water partition coefficient (Wildman–Crippen LogP) is 2.50. The molecule has 1 unspecified atom stereocenters. The molecule has 0 spiro atoms. The van der Waals surface area contributed by atoms with E-state index in [9.17, 15) is 9.59 Å². The van der Waals surface area contributed by atoms with Crippen molar-refractivity contribution in [2.45, 2.75) is 25.9 Å². The van der Waals surface area contributed by atoms with Crippen molar-refractivity contribution in [1.29, 1.82) is 0 Å². The number of urea groups is 1. The molecule has 0 heterocycles. The van der Waals surface area contributed by atoms with Crippen LogP contribution in [0, 0.1) is 0 Å². The van der Waals surface area contributed by atoms with Gasteiger partial charge in [-0.25, -0.2) is 9.59 Å². The molecule has 0 fully saturated rings. The summed E-state index contributed by atoms with van der Waals surface area (Å²) in [4.78, 5) is 22.6. The Balaban J connectivity index is 2.02. The molecule has 0 aromatic heterocycles. The first-order chi connectivity index (χ1) is 10.1. The normalized spacial score (nSPS) is 11.9. The molecule has 0 aliphatic carbocycles. The third kappa shape index (κ3) is 3.72. The number of nitrogens with one attached hydrogen (secondary N) is 2. The molecule has 110 valence electrons. The van der Waals surface area contributed by atoms with E-state index in [1.54, 1.807) is 6.92 Å². The zero-order valence-corrected chi connectivity index (χ0v) is 11.8. The maximum absolute atomic E-state index is 11.7. The number of aliphatic carboxylic acids is 1. The summed E-state index contributed by atoms with van der Waals surface area (Å²) >= 11 is 0. The Morgan fingerprint density at radius 3 is 2.57 bits per heavy atom. The second-order valence-electron chi connectivity index (χ2n) is 4.76. The highest BCUT2D eigenvalue weighted by Crippen LogP contribution is 2.18. The molecule has 0 radical (unpaired) electrons. The van der Waals surface area contributed by atoms with Gasteiger partial charge in [0.15, 0.2) is 0 Å². The molecule has 5 nitrogen and oxygen atoms in total. The van der Waals surface area contributed by atoms with Crippen LogP contribution in [0.1, 0.15) is 18.9 Å². The SMILES string of the molecule is CCC(NC(=O)NCc1cccc2ccccc12)C(=O)O. The molecule has 0 bridgehead atoms. The number of rotatable bonds is 5. The first kappa shape index (κ1) is 14.8. The Bertz CT molecular complexity index is 650. The highest BCUT2D eigenvalue weighted by Gasteiger charge is 2.17. The fraction of sp³-hybridized carbons (Fsp3) is 0.250. The number of carbonyl (C=O) groups excluding carboxylic acids is 1. The summed E-state index contributed by atoms with van der Waals surface area (Å²) in [5.41, 5.74) is 0.992. The number of hydrogen-bond acceptors (Lipinski definition) is 2. The van der Waals surface area contributed by atoms with Gasteiger partial charge in [-0.2, -0.15) is 0 Å². The van der Waals surface area contributed by atoms with Gasteiger partial charge in [0, 0.05) is 6.54 Å². The lowest BCUT2D eigenvalue weighted by atomic mass is 10.0. The Kier molecular flexibility index (Phi) is 4.77. The van der Waals surface area contributed by atoms with E-state index in [4.69, 9.17) is 5.11 Å². The number of amides is 2. The summed E-state index contributed by atoms with van der Waals surface area (Å²) in [5, 5.41) is 16.2. The lowest BCUT2D eigenvalue weighted by Crippen LogP contribution is -2.45. The average Bonchev–Trinajstić information content (AvgIpc) is 2.50. The van der Waals surface area contributed by atoms with Gasteiger partial charge in [0.05, 0.1) is 0 Å². The second-order valence-corrected chi connectivity index (χ2v) is 4.76. The van der Waals surface area contributed by atoms with Crippen molar-refractivity contribution in [3.8, 4) is 0 Å². The van der Waals surface area contributed by atoms with Crippen LogP contribution in [0.15, 0.2) is 42.5 Å². The van der Waals surface area contributed by atoms with Crippen molar-refractivity contribution >= 4 is 22.8 Å². The number of carboxylic acid groups (broad SMARTS) is 1. The summed E-state index contributed by atoms with van der Waals surface area (Å²) < 4.78 is 0. The number of hydrogen-bond donors (Lipinski definition) is 3. The van der Waals surface area contributed by atoms with Gasteiger partial charge >= 0.3 is 12.0 Å². The lowest BCUT2D eigenvalue weighted by Gasteiger charge is -2.14. The summed E-state index contributed by atoms with van der Waals surface area (Å²) in [7, 11) is 0. The molecule has 5 heteroatoms. The van der Waals surface area contributed by atoms with E-state index in [-0.39, 0.29) is 0 Å². The highest BCUT2D eigenvalue weighted by molar-refractivity contribution is 5.86. The van der Waals surface area contributed by atoms with Crippen molar-refractivity contribution < 1.29 is 14.7 Å². The summed E-state index contributed by atoms with van der Waals surface area (Å²) in [6.45, 7) is 2.06. The van der Waals surface area contributed by atoms with Gasteiger partial charge in [-0.1, -0.05) is 49.4 Å². The Labute approximate surface area is 123 Å². The van der Waals surface area contributed by atoms with Gasteiger partial charge in [-0.05, 0) is 22.8 Å². The van der Waals surface area contributed by atoms with Crippen LogP contribution in [0.2, 0.25) is 0 Å². The third-order valence-corrected chi connectivity index (χ3v) is 3.33. The minimum atomic E-state index is -1.03. The first-order valence-electron chi connectivity index (χ1n) is 6.85. The van der Waals surface area contributed by atoms with E-state index < -0.39 is 18.0 Å². The number of benzene rings is 2. The zero-order valence-electron chi connectivity index (χ0n) is 11.8. The largest absolute Gasteiger partial charge is 0.480 e. The second kappa shape index (κ2) is 6.74. The molecule has 0 saturated carbocycles.